The molecule has 0 bridgehead atoms. The molecule has 128 valence electrons. The lowest BCUT2D eigenvalue weighted by molar-refractivity contribution is -0.134. The molecule has 1 atom stereocenters. The highest BCUT2D eigenvalue weighted by molar-refractivity contribution is 5.95. The first-order valence-corrected chi connectivity index (χ1v) is 8.22. The van der Waals surface area contributed by atoms with E-state index in [0.717, 1.165) is 25.1 Å². The Morgan fingerprint density at radius 3 is 2.62 bits per heavy atom. The van der Waals surface area contributed by atoms with Crippen LogP contribution in [0.25, 0.3) is 0 Å². The van der Waals surface area contributed by atoms with E-state index in [2.05, 4.69) is 6.07 Å². The average molecular weight is 328 g/mol. The van der Waals surface area contributed by atoms with Gasteiger partial charge in [0.2, 0.25) is 11.8 Å². The zero-order valence-corrected chi connectivity index (χ0v) is 14.3. The van der Waals surface area contributed by atoms with Crippen molar-refractivity contribution in [3.8, 4) is 6.07 Å². The van der Waals surface area contributed by atoms with Crippen molar-refractivity contribution in [3.05, 3.63) is 30.3 Å². The Hall–Kier alpha value is -2.39. The van der Waals surface area contributed by atoms with Crippen molar-refractivity contribution in [2.45, 2.75) is 25.3 Å². The number of carbonyl (C=O) groups excluding carboxylic acids is 2. The largest absolute Gasteiger partial charge is 0.347 e. The van der Waals surface area contributed by atoms with Gasteiger partial charge in [0.15, 0.2) is 0 Å². The molecule has 0 radical (unpaired) electrons. The van der Waals surface area contributed by atoms with Crippen LogP contribution in [0.5, 0.6) is 0 Å². The lowest BCUT2D eigenvalue weighted by Crippen LogP contribution is -2.47. The molecule has 1 fully saturated rings. The summed E-state index contributed by atoms with van der Waals surface area (Å²) in [5.74, 6) is -0.0292. The Balaban J connectivity index is 2.09. The molecule has 2 amide bonds. The number of para-hydroxylation sites is 1. The molecule has 6 heteroatoms. The summed E-state index contributed by atoms with van der Waals surface area (Å²) in [5, 5.41) is 8.86. The van der Waals surface area contributed by atoms with Gasteiger partial charge in [0.1, 0.15) is 0 Å². The summed E-state index contributed by atoms with van der Waals surface area (Å²) >= 11 is 0. The maximum atomic E-state index is 12.8. The summed E-state index contributed by atoms with van der Waals surface area (Å²) in [7, 11) is 3.48. The highest BCUT2D eigenvalue weighted by Gasteiger charge is 2.33. The number of carbonyl (C=O) groups is 2. The van der Waals surface area contributed by atoms with Crippen LogP contribution in [0, 0.1) is 11.3 Å². The van der Waals surface area contributed by atoms with Gasteiger partial charge in [0, 0.05) is 26.3 Å². The molecule has 1 aliphatic heterocycles. The topological polar surface area (TPSA) is 67.7 Å². The number of hydrogen-bond donors (Lipinski definition) is 0. The second-order valence-corrected chi connectivity index (χ2v) is 6.15. The van der Waals surface area contributed by atoms with Crippen molar-refractivity contribution in [2.75, 3.05) is 38.6 Å². The molecule has 1 aliphatic rings. The summed E-state index contributed by atoms with van der Waals surface area (Å²) < 4.78 is 0. The first kappa shape index (κ1) is 18.0. The highest BCUT2D eigenvalue weighted by atomic mass is 16.2. The average Bonchev–Trinajstić information content (AvgIpc) is 3.03. The van der Waals surface area contributed by atoms with Gasteiger partial charge in [-0.1, -0.05) is 18.2 Å². The molecule has 0 saturated carbocycles. The number of amides is 2. The Bertz CT molecular complexity index is 609. The van der Waals surface area contributed by atoms with Crippen LogP contribution in [0.4, 0.5) is 5.69 Å². The van der Waals surface area contributed by atoms with Crippen molar-refractivity contribution in [1.82, 2.24) is 9.80 Å². The van der Waals surface area contributed by atoms with Crippen LogP contribution in [0.2, 0.25) is 0 Å². The van der Waals surface area contributed by atoms with Gasteiger partial charge in [-0.2, -0.15) is 5.26 Å². The Kier molecular flexibility index (Phi) is 6.33. The minimum absolute atomic E-state index is 0.0450. The van der Waals surface area contributed by atoms with Crippen LogP contribution < -0.4 is 4.90 Å². The van der Waals surface area contributed by atoms with Crippen LogP contribution in [-0.2, 0) is 9.59 Å². The van der Waals surface area contributed by atoms with E-state index in [1.807, 2.05) is 35.2 Å². The number of hydrogen-bond acceptors (Lipinski definition) is 4. The lowest BCUT2D eigenvalue weighted by atomic mass is 10.2. The Morgan fingerprint density at radius 1 is 1.29 bits per heavy atom. The van der Waals surface area contributed by atoms with E-state index in [1.165, 1.54) is 0 Å². The summed E-state index contributed by atoms with van der Waals surface area (Å²) in [4.78, 5) is 30.2. The maximum Gasteiger partial charge on any atom is 0.241 e. The fourth-order valence-electron chi connectivity index (χ4n) is 3.02. The monoisotopic (exact) mass is 328 g/mol. The van der Waals surface area contributed by atoms with Crippen molar-refractivity contribution < 1.29 is 9.59 Å². The molecule has 1 heterocycles. The van der Waals surface area contributed by atoms with Crippen LogP contribution in [0.1, 0.15) is 19.3 Å². The van der Waals surface area contributed by atoms with Gasteiger partial charge < -0.3 is 9.80 Å². The second kappa shape index (κ2) is 8.46. The van der Waals surface area contributed by atoms with E-state index in [1.54, 1.807) is 23.9 Å². The highest BCUT2D eigenvalue weighted by Crippen LogP contribution is 2.20. The minimum atomic E-state index is -0.224. The van der Waals surface area contributed by atoms with Crippen molar-refractivity contribution in [2.24, 2.45) is 0 Å². The molecule has 1 saturated heterocycles. The number of nitriles is 1. The third-order valence-electron chi connectivity index (χ3n) is 4.24. The predicted molar refractivity (Wildman–Crippen MR) is 92.3 cm³/mol. The third kappa shape index (κ3) is 4.33. The number of nitrogens with zero attached hydrogens (tertiary/aromatic N) is 4. The fourth-order valence-corrected chi connectivity index (χ4v) is 3.02. The Morgan fingerprint density at radius 2 is 2.00 bits per heavy atom. The van der Waals surface area contributed by atoms with Gasteiger partial charge in [-0.3, -0.25) is 14.5 Å². The summed E-state index contributed by atoms with van der Waals surface area (Å²) in [6.45, 7) is 1.31. The number of rotatable bonds is 6. The van der Waals surface area contributed by atoms with Crippen LogP contribution in [-0.4, -0.2) is 61.4 Å². The molecular weight excluding hydrogens is 304 g/mol. The van der Waals surface area contributed by atoms with Gasteiger partial charge in [-0.25, -0.2) is 0 Å². The van der Waals surface area contributed by atoms with E-state index in [0.29, 0.717) is 6.54 Å². The van der Waals surface area contributed by atoms with Gasteiger partial charge in [-0.15, -0.1) is 0 Å². The lowest BCUT2D eigenvalue weighted by Gasteiger charge is -2.29. The SMILES string of the molecule is CN(C)C(=O)C1CCCN1CC(=O)N(CCC#N)c1ccccc1. The summed E-state index contributed by atoms with van der Waals surface area (Å²) in [6, 6.07) is 11.2. The van der Waals surface area contributed by atoms with Crippen LogP contribution >= 0.6 is 0 Å². The molecular formula is C18H24N4O2. The minimum Gasteiger partial charge on any atom is -0.347 e. The third-order valence-corrected chi connectivity index (χ3v) is 4.24. The zero-order valence-electron chi connectivity index (χ0n) is 14.3. The number of likely N-dealkylation sites (tertiary alicyclic amines) is 1. The van der Waals surface area contributed by atoms with E-state index >= 15 is 0 Å². The Labute approximate surface area is 143 Å². The molecule has 0 N–H and O–H groups in total. The molecule has 1 unspecified atom stereocenters. The van der Waals surface area contributed by atoms with E-state index in [4.69, 9.17) is 5.26 Å². The van der Waals surface area contributed by atoms with Crippen LogP contribution in [0.15, 0.2) is 30.3 Å². The summed E-state index contributed by atoms with van der Waals surface area (Å²) in [6.07, 6.45) is 1.98. The fraction of sp³-hybridized carbons (Fsp3) is 0.500. The first-order valence-electron chi connectivity index (χ1n) is 8.22. The smallest absolute Gasteiger partial charge is 0.241 e. The maximum absolute atomic E-state index is 12.8. The number of likely N-dealkylation sites (N-methyl/N-ethyl adjacent to an activating group) is 1. The van der Waals surface area contributed by atoms with Gasteiger partial charge in [0.25, 0.3) is 0 Å². The molecule has 0 aromatic heterocycles. The molecule has 0 aliphatic carbocycles. The van der Waals surface area contributed by atoms with Gasteiger partial charge >= 0.3 is 0 Å². The molecule has 1 aromatic rings. The summed E-state index contributed by atoms with van der Waals surface area (Å²) in [5.41, 5.74) is 0.785. The number of anilines is 1. The quantitative estimate of drug-likeness (QED) is 0.793. The van der Waals surface area contributed by atoms with Crippen molar-refractivity contribution in [1.29, 1.82) is 5.26 Å². The van der Waals surface area contributed by atoms with Crippen LogP contribution in [0.3, 0.4) is 0 Å². The van der Waals surface area contributed by atoms with Gasteiger partial charge in [0.05, 0.1) is 25.1 Å². The first-order chi connectivity index (χ1) is 11.5. The molecule has 0 spiro atoms. The molecule has 6 nitrogen and oxygen atoms in total. The normalized spacial score (nSPS) is 17.3. The van der Waals surface area contributed by atoms with E-state index in [-0.39, 0.29) is 30.8 Å². The second-order valence-electron chi connectivity index (χ2n) is 6.15. The standard InChI is InChI=1S/C18H24N4O2/c1-20(2)18(24)16-10-6-12-21(16)14-17(23)22(13-7-11-19)15-8-4-3-5-9-15/h3-5,8-9,16H,6-7,10,12-14H2,1-2H3. The zero-order chi connectivity index (χ0) is 17.5. The molecule has 1 aromatic carbocycles. The molecule has 24 heavy (non-hydrogen) atoms. The van der Waals surface area contributed by atoms with Crippen molar-refractivity contribution >= 4 is 17.5 Å². The van der Waals surface area contributed by atoms with E-state index in [9.17, 15) is 9.59 Å². The van der Waals surface area contributed by atoms with Gasteiger partial charge in [-0.05, 0) is 31.5 Å². The molecule has 2 rings (SSSR count). The van der Waals surface area contributed by atoms with Crippen molar-refractivity contribution in [3.63, 3.8) is 0 Å². The predicted octanol–water partition coefficient (Wildman–Crippen LogP) is 1.49. The van der Waals surface area contributed by atoms with E-state index < -0.39 is 0 Å². The number of benzene rings is 1.